The highest BCUT2D eigenvalue weighted by molar-refractivity contribution is 5.77. The number of hydrogen-bond donors (Lipinski definition) is 1. The molecule has 1 N–H and O–H groups in total. The van der Waals surface area contributed by atoms with Crippen molar-refractivity contribution < 1.29 is 9.53 Å². The van der Waals surface area contributed by atoms with Crippen LogP contribution >= 0.6 is 0 Å². The predicted molar refractivity (Wildman–Crippen MR) is 98.1 cm³/mol. The molecule has 0 aliphatic rings. The number of para-hydroxylation sites is 1. The topological polar surface area (TPSA) is 41.6 Å². The Morgan fingerprint density at radius 2 is 1.71 bits per heavy atom. The van der Waals surface area contributed by atoms with E-state index in [2.05, 4.69) is 29.3 Å². The van der Waals surface area contributed by atoms with Gasteiger partial charge in [0, 0.05) is 25.3 Å². The molecule has 0 bridgehead atoms. The maximum absolute atomic E-state index is 11.8. The van der Waals surface area contributed by atoms with Gasteiger partial charge >= 0.3 is 0 Å². The molecule has 0 aromatic heterocycles. The van der Waals surface area contributed by atoms with Crippen LogP contribution in [0.3, 0.4) is 0 Å². The number of carbonyl (C=O) groups is 1. The third kappa shape index (κ3) is 6.42. The number of nitrogens with zero attached hydrogens (tertiary/aromatic N) is 1. The molecule has 1 amide bonds. The van der Waals surface area contributed by atoms with Crippen LogP contribution in [0.4, 0.5) is 5.69 Å². The third-order valence-electron chi connectivity index (χ3n) is 3.77. The first-order valence-electron chi connectivity index (χ1n) is 8.48. The lowest BCUT2D eigenvalue weighted by Crippen LogP contribution is -2.31. The Labute approximate surface area is 144 Å². The zero-order chi connectivity index (χ0) is 17.0. The van der Waals surface area contributed by atoms with Gasteiger partial charge in [-0.1, -0.05) is 48.5 Å². The third-order valence-corrected chi connectivity index (χ3v) is 3.77. The van der Waals surface area contributed by atoms with Crippen molar-refractivity contribution in [3.63, 3.8) is 0 Å². The Bertz CT molecular complexity index is 587. The maximum Gasteiger partial charge on any atom is 0.246 e. The molecule has 0 atom stereocenters. The molecule has 0 aliphatic carbocycles. The molecule has 0 radical (unpaired) electrons. The van der Waals surface area contributed by atoms with Crippen LogP contribution in [-0.2, 0) is 16.1 Å². The minimum absolute atomic E-state index is 0.0614. The number of hydrogen-bond acceptors (Lipinski definition) is 3. The molecule has 128 valence electrons. The number of carbonyl (C=O) groups excluding carboxylic acids is 1. The Morgan fingerprint density at radius 3 is 2.38 bits per heavy atom. The average Bonchev–Trinajstić information content (AvgIpc) is 2.63. The summed E-state index contributed by atoms with van der Waals surface area (Å²) in [6, 6.07) is 20.2. The van der Waals surface area contributed by atoms with Gasteiger partial charge < -0.3 is 15.0 Å². The molecule has 0 spiro atoms. The van der Waals surface area contributed by atoms with Crippen molar-refractivity contribution in [3.8, 4) is 0 Å². The summed E-state index contributed by atoms with van der Waals surface area (Å²) in [5.74, 6) is -0.0614. The Hall–Kier alpha value is -2.33. The van der Waals surface area contributed by atoms with Gasteiger partial charge in [-0.05, 0) is 31.0 Å². The highest BCUT2D eigenvalue weighted by Crippen LogP contribution is 2.12. The van der Waals surface area contributed by atoms with Gasteiger partial charge in [-0.3, -0.25) is 4.79 Å². The summed E-state index contributed by atoms with van der Waals surface area (Å²) < 4.78 is 5.43. The zero-order valence-electron chi connectivity index (χ0n) is 14.3. The number of amides is 1. The molecule has 0 fully saturated rings. The fourth-order valence-electron chi connectivity index (χ4n) is 2.49. The summed E-state index contributed by atoms with van der Waals surface area (Å²) in [5, 5.41) is 2.91. The number of anilines is 1. The fourth-order valence-corrected chi connectivity index (χ4v) is 2.49. The summed E-state index contributed by atoms with van der Waals surface area (Å²) in [4.78, 5) is 14.1. The van der Waals surface area contributed by atoms with Crippen molar-refractivity contribution in [3.05, 3.63) is 66.2 Å². The van der Waals surface area contributed by atoms with Crippen molar-refractivity contribution in [2.45, 2.75) is 20.0 Å². The largest absolute Gasteiger partial charge is 0.372 e. The molecule has 24 heavy (non-hydrogen) atoms. The summed E-state index contributed by atoms with van der Waals surface area (Å²) in [6.07, 6.45) is 0.910. The second kappa shape index (κ2) is 10.4. The van der Waals surface area contributed by atoms with Crippen molar-refractivity contribution >= 4 is 11.6 Å². The molecule has 4 nitrogen and oxygen atoms in total. The van der Waals surface area contributed by atoms with Gasteiger partial charge in [-0.15, -0.1) is 0 Å². The first-order chi connectivity index (χ1) is 11.8. The highest BCUT2D eigenvalue weighted by atomic mass is 16.5. The molecule has 2 aromatic rings. The molecule has 0 aliphatic heterocycles. The predicted octanol–water partition coefficient (Wildman–Crippen LogP) is 3.24. The van der Waals surface area contributed by atoms with E-state index < -0.39 is 0 Å². The molecule has 0 heterocycles. The molecule has 0 saturated carbocycles. The van der Waals surface area contributed by atoms with E-state index in [9.17, 15) is 4.79 Å². The van der Waals surface area contributed by atoms with Crippen molar-refractivity contribution in [1.29, 1.82) is 0 Å². The minimum Gasteiger partial charge on any atom is -0.372 e. The Morgan fingerprint density at radius 1 is 1.04 bits per heavy atom. The SMILES string of the molecule is CCN(CCCNC(=O)COCc1ccccc1)c1ccccc1. The second-order valence-corrected chi connectivity index (χ2v) is 5.60. The van der Waals surface area contributed by atoms with E-state index in [1.54, 1.807) is 0 Å². The van der Waals surface area contributed by atoms with Crippen molar-refractivity contribution in [2.24, 2.45) is 0 Å². The lowest BCUT2D eigenvalue weighted by atomic mass is 10.2. The van der Waals surface area contributed by atoms with Gasteiger partial charge in [0.25, 0.3) is 0 Å². The fraction of sp³-hybridized carbons (Fsp3) is 0.350. The van der Waals surface area contributed by atoms with Crippen molar-refractivity contribution in [2.75, 3.05) is 31.1 Å². The molecule has 4 heteroatoms. The van der Waals surface area contributed by atoms with Crippen LogP contribution in [0.5, 0.6) is 0 Å². The number of nitrogens with one attached hydrogen (secondary N) is 1. The lowest BCUT2D eigenvalue weighted by Gasteiger charge is -2.23. The second-order valence-electron chi connectivity index (χ2n) is 5.60. The standard InChI is InChI=1S/C20H26N2O2/c1-2-22(19-12-7-4-8-13-19)15-9-14-21-20(23)17-24-16-18-10-5-3-6-11-18/h3-8,10-13H,2,9,14-17H2,1H3,(H,21,23). The summed E-state index contributed by atoms with van der Waals surface area (Å²) in [7, 11) is 0. The van der Waals surface area contributed by atoms with Crippen LogP contribution in [0.2, 0.25) is 0 Å². The smallest absolute Gasteiger partial charge is 0.246 e. The Balaban J connectivity index is 1.58. The minimum atomic E-state index is -0.0614. The van der Waals surface area contributed by atoms with Crippen LogP contribution in [0.1, 0.15) is 18.9 Å². The van der Waals surface area contributed by atoms with E-state index in [0.717, 1.165) is 25.1 Å². The van der Waals surface area contributed by atoms with Crippen LogP contribution in [0.25, 0.3) is 0 Å². The molecule has 0 unspecified atom stereocenters. The van der Waals surface area contributed by atoms with E-state index in [4.69, 9.17) is 4.74 Å². The summed E-state index contributed by atoms with van der Waals surface area (Å²) >= 11 is 0. The quantitative estimate of drug-likeness (QED) is 0.682. The van der Waals surface area contributed by atoms with Crippen LogP contribution < -0.4 is 10.2 Å². The van der Waals surface area contributed by atoms with Crippen LogP contribution in [0, 0.1) is 0 Å². The molecular weight excluding hydrogens is 300 g/mol. The van der Waals surface area contributed by atoms with Crippen LogP contribution in [-0.4, -0.2) is 32.1 Å². The lowest BCUT2D eigenvalue weighted by molar-refractivity contribution is -0.126. The van der Waals surface area contributed by atoms with Crippen molar-refractivity contribution in [1.82, 2.24) is 5.32 Å². The van der Waals surface area contributed by atoms with Gasteiger partial charge in [0.1, 0.15) is 6.61 Å². The molecule has 0 saturated heterocycles. The van der Waals surface area contributed by atoms with Crippen LogP contribution in [0.15, 0.2) is 60.7 Å². The number of benzene rings is 2. The van der Waals surface area contributed by atoms with Gasteiger partial charge in [0.05, 0.1) is 6.61 Å². The number of ether oxygens (including phenoxy) is 1. The first kappa shape index (κ1) is 18.0. The van der Waals surface area contributed by atoms with E-state index in [0.29, 0.717) is 13.2 Å². The van der Waals surface area contributed by atoms with E-state index in [1.165, 1.54) is 5.69 Å². The molecular formula is C20H26N2O2. The monoisotopic (exact) mass is 326 g/mol. The number of rotatable bonds is 10. The Kier molecular flexibility index (Phi) is 7.84. The molecule has 2 aromatic carbocycles. The van der Waals surface area contributed by atoms with Gasteiger partial charge in [0.2, 0.25) is 5.91 Å². The zero-order valence-corrected chi connectivity index (χ0v) is 14.3. The normalized spacial score (nSPS) is 10.4. The van der Waals surface area contributed by atoms with E-state index in [-0.39, 0.29) is 12.5 Å². The van der Waals surface area contributed by atoms with E-state index in [1.807, 2.05) is 48.5 Å². The van der Waals surface area contributed by atoms with Gasteiger partial charge in [-0.2, -0.15) is 0 Å². The van der Waals surface area contributed by atoms with Gasteiger partial charge in [0.15, 0.2) is 0 Å². The summed E-state index contributed by atoms with van der Waals surface area (Å²) in [5.41, 5.74) is 2.30. The molecule has 2 rings (SSSR count). The highest BCUT2D eigenvalue weighted by Gasteiger charge is 2.04. The van der Waals surface area contributed by atoms with E-state index >= 15 is 0 Å². The average molecular weight is 326 g/mol. The first-order valence-corrected chi connectivity index (χ1v) is 8.48. The summed E-state index contributed by atoms with van der Waals surface area (Å²) in [6.45, 7) is 5.25. The maximum atomic E-state index is 11.8. The van der Waals surface area contributed by atoms with Gasteiger partial charge in [-0.25, -0.2) is 0 Å².